The highest BCUT2D eigenvalue weighted by Gasteiger charge is 2.07. The number of anilines is 3. The first-order valence-electron chi connectivity index (χ1n) is 7.32. The van der Waals surface area contributed by atoms with Crippen LogP contribution in [0.2, 0.25) is 0 Å². The Hall–Kier alpha value is -2.86. The normalized spacial score (nSPS) is 10.7. The van der Waals surface area contributed by atoms with Crippen molar-refractivity contribution in [2.45, 2.75) is 0 Å². The summed E-state index contributed by atoms with van der Waals surface area (Å²) in [7, 11) is 1.66. The van der Waals surface area contributed by atoms with Crippen LogP contribution in [0.4, 0.5) is 17.5 Å². The van der Waals surface area contributed by atoms with Gasteiger partial charge in [-0.3, -0.25) is 0 Å². The second-order valence-corrected chi connectivity index (χ2v) is 5.01. The van der Waals surface area contributed by atoms with Crippen molar-refractivity contribution in [1.82, 2.24) is 9.97 Å². The lowest BCUT2D eigenvalue weighted by molar-refractivity contribution is 0.210. The number of phenols is 1. The van der Waals surface area contributed by atoms with Crippen LogP contribution in [0.5, 0.6) is 5.75 Å². The second-order valence-electron chi connectivity index (χ2n) is 5.01. The monoisotopic (exact) mass is 310 g/mol. The van der Waals surface area contributed by atoms with E-state index >= 15 is 0 Å². The average Bonchev–Trinajstić information content (AvgIpc) is 2.55. The molecule has 0 spiro atoms. The third-order valence-corrected chi connectivity index (χ3v) is 3.30. The van der Waals surface area contributed by atoms with Crippen molar-refractivity contribution >= 4 is 28.4 Å². The van der Waals surface area contributed by atoms with Crippen LogP contribution in [0.3, 0.4) is 0 Å². The number of fused-ring (bicyclic) bond motifs is 1. The van der Waals surface area contributed by atoms with Gasteiger partial charge in [0.15, 0.2) is 0 Å². The Bertz CT molecular complexity index is 807. The highest BCUT2D eigenvalue weighted by atomic mass is 16.5. The van der Waals surface area contributed by atoms with Crippen LogP contribution in [0.15, 0.2) is 48.5 Å². The standard InChI is InChI=1S/C17H18N4O2/c1-23-10-9-18-16-14-7-2-3-8-15(14)20-17(21-16)19-12-5-4-6-13(22)11-12/h2-8,11,22H,9-10H2,1H3,(H2,18,19,20,21). The molecule has 0 saturated heterocycles. The number of rotatable bonds is 6. The van der Waals surface area contributed by atoms with Crippen molar-refractivity contribution in [3.8, 4) is 5.75 Å². The molecule has 6 heteroatoms. The highest BCUT2D eigenvalue weighted by Crippen LogP contribution is 2.24. The molecule has 0 bridgehead atoms. The SMILES string of the molecule is COCCNc1nc(Nc2cccc(O)c2)nc2ccccc12. The van der Waals surface area contributed by atoms with E-state index in [-0.39, 0.29) is 5.75 Å². The maximum Gasteiger partial charge on any atom is 0.229 e. The number of ether oxygens (including phenoxy) is 1. The largest absolute Gasteiger partial charge is 0.508 e. The number of hydrogen-bond acceptors (Lipinski definition) is 6. The smallest absolute Gasteiger partial charge is 0.229 e. The number of nitrogens with one attached hydrogen (secondary N) is 2. The minimum atomic E-state index is 0.189. The zero-order valence-corrected chi connectivity index (χ0v) is 12.8. The Balaban J connectivity index is 1.93. The van der Waals surface area contributed by atoms with E-state index in [2.05, 4.69) is 20.6 Å². The Kier molecular flexibility index (Phi) is 4.54. The maximum atomic E-state index is 9.55. The van der Waals surface area contributed by atoms with Gasteiger partial charge in [-0.25, -0.2) is 4.98 Å². The number of benzene rings is 2. The fourth-order valence-corrected chi connectivity index (χ4v) is 2.25. The van der Waals surface area contributed by atoms with Gasteiger partial charge in [-0.15, -0.1) is 0 Å². The molecule has 0 atom stereocenters. The van der Waals surface area contributed by atoms with Gasteiger partial charge in [0.2, 0.25) is 5.95 Å². The van der Waals surface area contributed by atoms with Crippen LogP contribution in [0, 0.1) is 0 Å². The molecule has 3 aromatic rings. The number of phenolic OH excluding ortho intramolecular Hbond substituents is 1. The van der Waals surface area contributed by atoms with Gasteiger partial charge >= 0.3 is 0 Å². The van der Waals surface area contributed by atoms with Crippen molar-refractivity contribution < 1.29 is 9.84 Å². The van der Waals surface area contributed by atoms with E-state index in [9.17, 15) is 5.11 Å². The molecule has 23 heavy (non-hydrogen) atoms. The van der Waals surface area contributed by atoms with Crippen molar-refractivity contribution in [3.63, 3.8) is 0 Å². The van der Waals surface area contributed by atoms with Crippen LogP contribution in [-0.2, 0) is 4.74 Å². The summed E-state index contributed by atoms with van der Waals surface area (Å²) in [6, 6.07) is 14.6. The summed E-state index contributed by atoms with van der Waals surface area (Å²) in [6.07, 6.45) is 0. The summed E-state index contributed by atoms with van der Waals surface area (Å²) in [5.41, 5.74) is 1.56. The summed E-state index contributed by atoms with van der Waals surface area (Å²) in [5.74, 6) is 1.40. The molecule has 0 saturated carbocycles. The molecule has 3 N–H and O–H groups in total. The molecule has 0 radical (unpaired) electrons. The lowest BCUT2D eigenvalue weighted by Crippen LogP contribution is -2.10. The molecule has 3 rings (SSSR count). The summed E-state index contributed by atoms with van der Waals surface area (Å²) in [5, 5.41) is 16.9. The van der Waals surface area contributed by atoms with Crippen molar-refractivity contribution in [2.24, 2.45) is 0 Å². The molecule has 1 aromatic heterocycles. The number of aromatic nitrogens is 2. The topological polar surface area (TPSA) is 79.3 Å². The molecule has 0 aliphatic heterocycles. The summed E-state index contributed by atoms with van der Waals surface area (Å²) < 4.78 is 5.07. The minimum absolute atomic E-state index is 0.189. The van der Waals surface area contributed by atoms with E-state index < -0.39 is 0 Å². The number of para-hydroxylation sites is 1. The van der Waals surface area contributed by atoms with E-state index in [0.29, 0.717) is 19.1 Å². The molecule has 0 aliphatic rings. The summed E-state index contributed by atoms with van der Waals surface area (Å²) in [4.78, 5) is 9.04. The van der Waals surface area contributed by atoms with Gasteiger partial charge in [-0.2, -0.15) is 4.98 Å². The van der Waals surface area contributed by atoms with Crippen molar-refractivity contribution in [1.29, 1.82) is 0 Å². The molecule has 6 nitrogen and oxygen atoms in total. The Morgan fingerprint density at radius 3 is 2.78 bits per heavy atom. The Labute approximate surface area is 134 Å². The Morgan fingerprint density at radius 1 is 1.09 bits per heavy atom. The van der Waals surface area contributed by atoms with Crippen LogP contribution in [-0.4, -0.2) is 35.3 Å². The fourth-order valence-electron chi connectivity index (χ4n) is 2.25. The van der Waals surface area contributed by atoms with Crippen LogP contribution >= 0.6 is 0 Å². The lowest BCUT2D eigenvalue weighted by atomic mass is 10.2. The van der Waals surface area contributed by atoms with Gasteiger partial charge in [0, 0.05) is 30.8 Å². The third kappa shape index (κ3) is 3.67. The Morgan fingerprint density at radius 2 is 1.96 bits per heavy atom. The second kappa shape index (κ2) is 6.93. The predicted molar refractivity (Wildman–Crippen MR) is 91.3 cm³/mol. The van der Waals surface area contributed by atoms with E-state index in [1.807, 2.05) is 30.3 Å². The fraction of sp³-hybridized carbons (Fsp3) is 0.176. The average molecular weight is 310 g/mol. The maximum absolute atomic E-state index is 9.55. The van der Waals surface area contributed by atoms with Crippen molar-refractivity contribution in [3.05, 3.63) is 48.5 Å². The molecule has 1 heterocycles. The third-order valence-electron chi connectivity index (χ3n) is 3.30. The number of methoxy groups -OCH3 is 1. The van der Waals surface area contributed by atoms with E-state index in [1.165, 1.54) is 0 Å². The van der Waals surface area contributed by atoms with Gasteiger partial charge in [-0.1, -0.05) is 18.2 Å². The molecular formula is C17H18N4O2. The minimum Gasteiger partial charge on any atom is -0.508 e. The first kappa shape index (κ1) is 15.1. The number of aromatic hydroxyl groups is 1. The van der Waals surface area contributed by atoms with Gasteiger partial charge in [0.25, 0.3) is 0 Å². The molecule has 0 fully saturated rings. The summed E-state index contributed by atoms with van der Waals surface area (Å²) >= 11 is 0. The lowest BCUT2D eigenvalue weighted by Gasteiger charge is -2.11. The highest BCUT2D eigenvalue weighted by molar-refractivity contribution is 5.90. The van der Waals surface area contributed by atoms with Crippen LogP contribution in [0.25, 0.3) is 10.9 Å². The summed E-state index contributed by atoms with van der Waals surface area (Å²) in [6.45, 7) is 1.25. The first-order chi connectivity index (χ1) is 11.3. The zero-order valence-electron chi connectivity index (χ0n) is 12.8. The van der Waals surface area contributed by atoms with E-state index in [0.717, 1.165) is 22.4 Å². The van der Waals surface area contributed by atoms with Gasteiger partial charge in [0.1, 0.15) is 11.6 Å². The first-order valence-corrected chi connectivity index (χ1v) is 7.32. The molecule has 2 aromatic carbocycles. The predicted octanol–water partition coefficient (Wildman–Crippen LogP) is 3.14. The van der Waals surface area contributed by atoms with Crippen LogP contribution in [0.1, 0.15) is 0 Å². The number of hydrogen-bond donors (Lipinski definition) is 3. The van der Waals surface area contributed by atoms with E-state index in [1.54, 1.807) is 25.3 Å². The van der Waals surface area contributed by atoms with Crippen molar-refractivity contribution in [2.75, 3.05) is 30.9 Å². The van der Waals surface area contributed by atoms with Crippen LogP contribution < -0.4 is 10.6 Å². The van der Waals surface area contributed by atoms with Gasteiger partial charge in [-0.05, 0) is 24.3 Å². The number of nitrogens with zero attached hydrogens (tertiary/aromatic N) is 2. The quantitative estimate of drug-likeness (QED) is 0.607. The zero-order chi connectivity index (χ0) is 16.1. The van der Waals surface area contributed by atoms with E-state index in [4.69, 9.17) is 4.74 Å². The molecule has 0 unspecified atom stereocenters. The molecule has 0 amide bonds. The molecular weight excluding hydrogens is 292 g/mol. The molecule has 0 aliphatic carbocycles. The van der Waals surface area contributed by atoms with Gasteiger partial charge < -0.3 is 20.5 Å². The van der Waals surface area contributed by atoms with Gasteiger partial charge in [0.05, 0.1) is 12.1 Å². The molecule has 118 valence electrons.